The van der Waals surface area contributed by atoms with E-state index in [0.717, 1.165) is 17.1 Å². The summed E-state index contributed by atoms with van der Waals surface area (Å²) in [6, 6.07) is 82.0. The van der Waals surface area contributed by atoms with Gasteiger partial charge in [-0.15, -0.1) is 11.3 Å². The molecule has 0 unspecified atom stereocenters. The van der Waals surface area contributed by atoms with Crippen LogP contribution in [0.4, 0.5) is 17.1 Å². The predicted octanol–water partition coefficient (Wildman–Crippen LogP) is 16.5. The first kappa shape index (κ1) is 34.0. The molecule has 11 rings (SSSR count). The van der Waals surface area contributed by atoms with Crippen LogP contribution in [0.2, 0.25) is 0 Å². The molecule has 1 aromatic heterocycles. The van der Waals surface area contributed by atoms with Crippen molar-refractivity contribution in [3.05, 3.63) is 224 Å². The molecular formula is C56H37NS. The Labute approximate surface area is 342 Å². The van der Waals surface area contributed by atoms with Crippen molar-refractivity contribution in [3.63, 3.8) is 0 Å². The van der Waals surface area contributed by atoms with Gasteiger partial charge in [-0.1, -0.05) is 176 Å². The highest BCUT2D eigenvalue weighted by molar-refractivity contribution is 7.26. The summed E-state index contributed by atoms with van der Waals surface area (Å²) >= 11 is 1.87. The van der Waals surface area contributed by atoms with E-state index in [1.54, 1.807) is 0 Å². The minimum absolute atomic E-state index is 1.10. The average Bonchev–Trinajstić information content (AvgIpc) is 3.69. The van der Waals surface area contributed by atoms with Crippen LogP contribution in [0.1, 0.15) is 0 Å². The molecule has 0 radical (unpaired) electrons. The second-order valence-corrected chi connectivity index (χ2v) is 15.9. The lowest BCUT2D eigenvalue weighted by Crippen LogP contribution is -2.11. The molecule has 0 fully saturated rings. The Kier molecular flexibility index (Phi) is 8.42. The van der Waals surface area contributed by atoms with E-state index in [-0.39, 0.29) is 0 Å². The number of rotatable bonds is 7. The fourth-order valence-corrected chi connectivity index (χ4v) is 9.82. The van der Waals surface area contributed by atoms with E-state index >= 15 is 0 Å². The third kappa shape index (κ3) is 5.94. The molecule has 0 aliphatic carbocycles. The first-order chi connectivity index (χ1) is 28.8. The number of thiophene rings is 1. The van der Waals surface area contributed by atoms with Crippen LogP contribution in [0.15, 0.2) is 224 Å². The quantitative estimate of drug-likeness (QED) is 0.146. The van der Waals surface area contributed by atoms with Crippen molar-refractivity contribution in [2.24, 2.45) is 0 Å². The van der Waals surface area contributed by atoms with E-state index < -0.39 is 0 Å². The molecule has 0 spiro atoms. The second kappa shape index (κ2) is 14.4. The molecule has 2 heteroatoms. The van der Waals surface area contributed by atoms with Gasteiger partial charge in [-0.2, -0.15) is 0 Å². The lowest BCUT2D eigenvalue weighted by atomic mass is 9.92. The maximum absolute atomic E-state index is 2.47. The van der Waals surface area contributed by atoms with Gasteiger partial charge in [0, 0.05) is 37.1 Å². The number of anilines is 3. The summed E-state index contributed by atoms with van der Waals surface area (Å²) in [6.45, 7) is 0. The van der Waals surface area contributed by atoms with Crippen LogP contribution in [0.5, 0.6) is 0 Å². The summed E-state index contributed by atoms with van der Waals surface area (Å²) in [7, 11) is 0. The van der Waals surface area contributed by atoms with Crippen LogP contribution in [-0.2, 0) is 0 Å². The number of nitrogens with zero attached hydrogens (tertiary/aromatic N) is 1. The van der Waals surface area contributed by atoms with E-state index in [1.165, 1.54) is 86.2 Å². The molecule has 0 saturated heterocycles. The van der Waals surface area contributed by atoms with E-state index in [9.17, 15) is 0 Å². The van der Waals surface area contributed by atoms with Gasteiger partial charge >= 0.3 is 0 Å². The molecular weight excluding hydrogens is 719 g/mol. The molecule has 0 saturated carbocycles. The zero-order valence-electron chi connectivity index (χ0n) is 31.7. The summed E-state index contributed by atoms with van der Waals surface area (Å²) in [5, 5.41) is 7.60. The Morgan fingerprint density at radius 2 is 0.862 bits per heavy atom. The fraction of sp³-hybridized carbons (Fsp3) is 0. The van der Waals surface area contributed by atoms with Gasteiger partial charge in [0.15, 0.2) is 0 Å². The Balaban J connectivity index is 1.16. The Morgan fingerprint density at radius 1 is 0.310 bits per heavy atom. The third-order valence-electron chi connectivity index (χ3n) is 11.5. The summed E-state index contributed by atoms with van der Waals surface area (Å²) in [6.07, 6.45) is 0. The average molecular weight is 756 g/mol. The smallest absolute Gasteiger partial charge is 0.0547 e. The first-order valence-corrected chi connectivity index (χ1v) is 20.7. The highest BCUT2D eigenvalue weighted by atomic mass is 32.1. The van der Waals surface area contributed by atoms with Crippen molar-refractivity contribution >= 4 is 70.1 Å². The van der Waals surface area contributed by atoms with Crippen molar-refractivity contribution in [2.45, 2.75) is 0 Å². The number of benzene rings is 10. The number of fused-ring (bicyclic) bond motifs is 6. The van der Waals surface area contributed by atoms with Gasteiger partial charge in [-0.3, -0.25) is 0 Å². The molecule has 0 bridgehead atoms. The molecule has 58 heavy (non-hydrogen) atoms. The zero-order valence-corrected chi connectivity index (χ0v) is 32.5. The fourth-order valence-electron chi connectivity index (χ4n) is 8.71. The summed E-state index contributed by atoms with van der Waals surface area (Å²) < 4.78 is 2.57. The van der Waals surface area contributed by atoms with E-state index in [0.29, 0.717) is 0 Å². The molecule has 1 nitrogen and oxygen atoms in total. The van der Waals surface area contributed by atoms with Crippen molar-refractivity contribution in [3.8, 4) is 44.5 Å². The van der Waals surface area contributed by atoms with Gasteiger partial charge in [-0.05, 0) is 109 Å². The van der Waals surface area contributed by atoms with Crippen molar-refractivity contribution in [1.82, 2.24) is 0 Å². The molecule has 1 heterocycles. The molecule has 272 valence electrons. The first-order valence-electron chi connectivity index (χ1n) is 19.8. The lowest BCUT2D eigenvalue weighted by molar-refractivity contribution is 1.29. The van der Waals surface area contributed by atoms with Crippen LogP contribution >= 0.6 is 11.3 Å². The Morgan fingerprint density at radius 3 is 1.59 bits per heavy atom. The number of hydrogen-bond donors (Lipinski definition) is 0. The van der Waals surface area contributed by atoms with Crippen molar-refractivity contribution in [2.75, 3.05) is 4.90 Å². The van der Waals surface area contributed by atoms with Crippen LogP contribution in [0.25, 0.3) is 86.2 Å². The molecule has 0 aliphatic rings. The maximum atomic E-state index is 2.47. The van der Waals surface area contributed by atoms with Gasteiger partial charge in [0.25, 0.3) is 0 Å². The topological polar surface area (TPSA) is 3.24 Å². The van der Waals surface area contributed by atoms with Crippen molar-refractivity contribution in [1.29, 1.82) is 0 Å². The Hall–Kier alpha value is -7.26. The summed E-state index contributed by atoms with van der Waals surface area (Å²) in [5.74, 6) is 0. The number of hydrogen-bond acceptors (Lipinski definition) is 2. The molecule has 0 N–H and O–H groups in total. The van der Waals surface area contributed by atoms with Crippen LogP contribution in [0.3, 0.4) is 0 Å². The van der Waals surface area contributed by atoms with E-state index in [4.69, 9.17) is 0 Å². The van der Waals surface area contributed by atoms with E-state index in [2.05, 4.69) is 229 Å². The van der Waals surface area contributed by atoms with Crippen LogP contribution < -0.4 is 4.90 Å². The minimum atomic E-state index is 1.10. The molecule has 0 atom stereocenters. The third-order valence-corrected chi connectivity index (χ3v) is 12.6. The monoisotopic (exact) mass is 755 g/mol. The molecule has 0 aliphatic heterocycles. The maximum Gasteiger partial charge on any atom is 0.0547 e. The minimum Gasteiger partial charge on any atom is -0.310 e. The molecule has 10 aromatic carbocycles. The second-order valence-electron chi connectivity index (χ2n) is 14.9. The highest BCUT2D eigenvalue weighted by Gasteiger charge is 2.23. The van der Waals surface area contributed by atoms with Gasteiger partial charge in [0.2, 0.25) is 0 Å². The highest BCUT2D eigenvalue weighted by Crippen LogP contribution is 2.49. The van der Waals surface area contributed by atoms with Gasteiger partial charge in [0.05, 0.1) is 5.69 Å². The van der Waals surface area contributed by atoms with Gasteiger partial charge in [-0.25, -0.2) is 0 Å². The normalized spacial score (nSPS) is 11.4. The standard InChI is InChI=1S/C56H37NS/c1-3-14-38(15-4-1)40-26-28-42(29-27-40)55-52(34-35-54-56(55)50-24-11-12-25-53(50)58-54)57(45-32-30-41(31-33-45)39-16-5-2-6-17-39)46-20-13-19-43(36-46)51-37-44-18-7-8-21-47(44)48-22-9-10-23-49(48)51/h1-37H. The van der Waals surface area contributed by atoms with Crippen molar-refractivity contribution < 1.29 is 0 Å². The predicted molar refractivity (Wildman–Crippen MR) is 251 cm³/mol. The zero-order chi connectivity index (χ0) is 38.4. The molecule has 0 amide bonds. The SMILES string of the molecule is c1ccc(-c2ccc(-c3c(N(c4ccc(-c5ccccc5)cc4)c4cccc(-c5cc6ccccc6c6ccccc56)c4)ccc4sc5ccccc5c34)cc2)cc1. The largest absolute Gasteiger partial charge is 0.310 e. The van der Waals surface area contributed by atoms with Gasteiger partial charge in [0.1, 0.15) is 0 Å². The van der Waals surface area contributed by atoms with Crippen LogP contribution in [0, 0.1) is 0 Å². The Bertz CT molecular complexity index is 3250. The lowest BCUT2D eigenvalue weighted by Gasteiger charge is -2.29. The van der Waals surface area contributed by atoms with Crippen LogP contribution in [-0.4, -0.2) is 0 Å². The van der Waals surface area contributed by atoms with E-state index in [1.807, 2.05) is 11.3 Å². The summed E-state index contributed by atoms with van der Waals surface area (Å²) in [5.41, 5.74) is 13.0. The summed E-state index contributed by atoms with van der Waals surface area (Å²) in [4.78, 5) is 2.47. The molecule has 11 aromatic rings. The van der Waals surface area contributed by atoms with Gasteiger partial charge < -0.3 is 4.90 Å².